The zero-order valence-electron chi connectivity index (χ0n) is 10.4. The van der Waals surface area contributed by atoms with Gasteiger partial charge in [-0.2, -0.15) is 0 Å². The van der Waals surface area contributed by atoms with Crippen LogP contribution in [0, 0.1) is 0 Å². The maximum atomic E-state index is 12.2. The van der Waals surface area contributed by atoms with Crippen LogP contribution in [0.2, 0.25) is 0 Å². The highest BCUT2D eigenvalue weighted by atomic mass is 79.9. The van der Waals surface area contributed by atoms with Crippen molar-refractivity contribution in [3.8, 4) is 0 Å². The van der Waals surface area contributed by atoms with E-state index in [1.807, 2.05) is 36.4 Å². The number of halogens is 1. The maximum Gasteiger partial charge on any atom is 0.251 e. The molecule has 1 heterocycles. The number of hydrogen-bond acceptors (Lipinski definition) is 3. The monoisotopic (exact) mass is 338 g/mol. The first-order valence-corrected chi connectivity index (χ1v) is 7.62. The van der Waals surface area contributed by atoms with Crippen LogP contribution in [0.25, 0.3) is 0 Å². The Balaban J connectivity index is 2.03. The van der Waals surface area contributed by atoms with E-state index in [2.05, 4.69) is 21.2 Å². The molecular formula is C14H15BrN2OS. The van der Waals surface area contributed by atoms with Crippen molar-refractivity contribution in [2.75, 3.05) is 6.54 Å². The van der Waals surface area contributed by atoms with E-state index in [0.29, 0.717) is 25.1 Å². The summed E-state index contributed by atoms with van der Waals surface area (Å²) in [6.45, 7) is 1.09. The van der Waals surface area contributed by atoms with Gasteiger partial charge >= 0.3 is 0 Å². The Bertz CT molecular complexity index is 568. The van der Waals surface area contributed by atoms with Gasteiger partial charge in [0.25, 0.3) is 5.91 Å². The van der Waals surface area contributed by atoms with Gasteiger partial charge in [0.05, 0.1) is 10.3 Å². The van der Waals surface area contributed by atoms with Crippen molar-refractivity contribution in [1.29, 1.82) is 0 Å². The van der Waals surface area contributed by atoms with Crippen molar-refractivity contribution in [1.82, 2.24) is 5.32 Å². The lowest BCUT2D eigenvalue weighted by molar-refractivity contribution is 0.0950. The van der Waals surface area contributed by atoms with Crippen LogP contribution in [0.1, 0.15) is 20.8 Å². The largest absolute Gasteiger partial charge is 0.347 e. The molecule has 2 aromatic rings. The summed E-state index contributed by atoms with van der Waals surface area (Å²) in [5.41, 5.74) is 7.27. The molecule has 0 aliphatic rings. The lowest BCUT2D eigenvalue weighted by Gasteiger charge is -2.08. The number of nitrogens with one attached hydrogen (secondary N) is 1. The van der Waals surface area contributed by atoms with Gasteiger partial charge in [-0.25, -0.2) is 0 Å². The third-order valence-corrected chi connectivity index (χ3v) is 4.35. The summed E-state index contributed by atoms with van der Waals surface area (Å²) in [4.78, 5) is 13.3. The van der Waals surface area contributed by atoms with Gasteiger partial charge in [0, 0.05) is 10.4 Å². The molecule has 0 aliphatic heterocycles. The predicted molar refractivity (Wildman–Crippen MR) is 82.4 cm³/mol. The molecular weight excluding hydrogens is 324 g/mol. The van der Waals surface area contributed by atoms with Crippen LogP contribution in [-0.4, -0.2) is 12.5 Å². The van der Waals surface area contributed by atoms with Crippen LogP contribution in [0.15, 0.2) is 40.2 Å². The summed E-state index contributed by atoms with van der Waals surface area (Å²) in [6, 6.07) is 11.6. The summed E-state index contributed by atoms with van der Waals surface area (Å²) in [6.07, 6.45) is 0.716. The van der Waals surface area contributed by atoms with Crippen LogP contribution in [0.4, 0.5) is 0 Å². The molecule has 0 atom stereocenters. The van der Waals surface area contributed by atoms with E-state index in [1.54, 1.807) is 11.3 Å². The van der Waals surface area contributed by atoms with Crippen LogP contribution in [-0.2, 0) is 13.0 Å². The Hall–Kier alpha value is -1.17. The minimum Gasteiger partial charge on any atom is -0.347 e. The second kappa shape index (κ2) is 6.84. The van der Waals surface area contributed by atoms with E-state index in [-0.39, 0.29) is 5.91 Å². The third kappa shape index (κ3) is 3.89. The number of rotatable bonds is 5. The molecule has 100 valence electrons. The van der Waals surface area contributed by atoms with Crippen LogP contribution < -0.4 is 11.1 Å². The molecule has 1 amide bonds. The minimum absolute atomic E-state index is 0.0476. The fraction of sp³-hybridized carbons (Fsp3) is 0.214. The summed E-state index contributed by atoms with van der Waals surface area (Å²) in [5.74, 6) is -0.0476. The van der Waals surface area contributed by atoms with Gasteiger partial charge in [0.1, 0.15) is 0 Å². The molecule has 0 fully saturated rings. The molecule has 3 nitrogen and oxygen atoms in total. The Kier molecular flexibility index (Phi) is 5.13. The van der Waals surface area contributed by atoms with Crippen LogP contribution in [0.5, 0.6) is 0 Å². The van der Waals surface area contributed by atoms with Crippen LogP contribution in [0.3, 0.4) is 0 Å². The smallest absolute Gasteiger partial charge is 0.251 e. The molecule has 0 aliphatic carbocycles. The molecule has 0 saturated carbocycles. The molecule has 0 radical (unpaired) electrons. The lowest BCUT2D eigenvalue weighted by atomic mass is 10.0. The second-order valence-corrected chi connectivity index (χ2v) is 6.63. The Morgan fingerprint density at radius 2 is 2.05 bits per heavy atom. The Morgan fingerprint density at radius 1 is 1.26 bits per heavy atom. The number of nitrogens with two attached hydrogens (primary N) is 1. The summed E-state index contributed by atoms with van der Waals surface area (Å²) in [5, 5.41) is 2.94. The standard InChI is InChI=1S/C14H15BrN2OS/c15-13-6-5-11(19-13)9-17-14(18)12-4-2-1-3-10(12)7-8-16/h1-6H,7-9,16H2,(H,17,18). The van der Waals surface area contributed by atoms with E-state index >= 15 is 0 Å². The van der Waals surface area contributed by atoms with E-state index in [9.17, 15) is 4.79 Å². The zero-order valence-corrected chi connectivity index (χ0v) is 12.8. The average Bonchev–Trinajstić information content (AvgIpc) is 2.83. The first-order valence-electron chi connectivity index (χ1n) is 6.01. The molecule has 19 heavy (non-hydrogen) atoms. The van der Waals surface area contributed by atoms with E-state index in [4.69, 9.17) is 5.73 Å². The van der Waals surface area contributed by atoms with Crippen LogP contribution >= 0.6 is 27.3 Å². The average molecular weight is 339 g/mol. The highest BCUT2D eigenvalue weighted by Gasteiger charge is 2.10. The summed E-state index contributed by atoms with van der Waals surface area (Å²) >= 11 is 5.03. The Labute approximate surface area is 125 Å². The molecule has 3 N–H and O–H groups in total. The van der Waals surface area contributed by atoms with Crippen molar-refractivity contribution in [2.45, 2.75) is 13.0 Å². The SMILES string of the molecule is NCCc1ccccc1C(=O)NCc1ccc(Br)s1. The van der Waals surface area contributed by atoms with Crippen molar-refractivity contribution >= 4 is 33.2 Å². The quantitative estimate of drug-likeness (QED) is 0.880. The van der Waals surface area contributed by atoms with Crippen molar-refractivity contribution in [3.63, 3.8) is 0 Å². The number of amides is 1. The lowest BCUT2D eigenvalue weighted by Crippen LogP contribution is -2.24. The third-order valence-electron chi connectivity index (χ3n) is 2.73. The molecule has 1 aromatic heterocycles. The second-order valence-electron chi connectivity index (χ2n) is 4.08. The van der Waals surface area contributed by atoms with Gasteiger partial charge in [-0.1, -0.05) is 18.2 Å². The number of carbonyl (C=O) groups is 1. The zero-order chi connectivity index (χ0) is 13.7. The van der Waals surface area contributed by atoms with E-state index in [1.165, 1.54) is 0 Å². The van der Waals surface area contributed by atoms with Gasteiger partial charge in [-0.3, -0.25) is 4.79 Å². The summed E-state index contributed by atoms with van der Waals surface area (Å²) < 4.78 is 1.07. The van der Waals surface area contributed by atoms with Crippen molar-refractivity contribution in [3.05, 3.63) is 56.2 Å². The molecule has 0 bridgehead atoms. The van der Waals surface area contributed by atoms with Gasteiger partial charge in [0.2, 0.25) is 0 Å². The maximum absolute atomic E-state index is 12.2. The topological polar surface area (TPSA) is 55.1 Å². The molecule has 0 saturated heterocycles. The van der Waals surface area contributed by atoms with E-state index in [0.717, 1.165) is 14.2 Å². The van der Waals surface area contributed by atoms with E-state index < -0.39 is 0 Å². The fourth-order valence-corrected chi connectivity index (χ4v) is 3.25. The molecule has 0 unspecified atom stereocenters. The molecule has 5 heteroatoms. The van der Waals surface area contributed by atoms with Crippen molar-refractivity contribution < 1.29 is 4.79 Å². The number of hydrogen-bond donors (Lipinski definition) is 2. The van der Waals surface area contributed by atoms with Gasteiger partial charge in [-0.05, 0) is 52.7 Å². The predicted octanol–water partition coefficient (Wildman–Crippen LogP) is 2.94. The van der Waals surface area contributed by atoms with Gasteiger partial charge in [0.15, 0.2) is 0 Å². The van der Waals surface area contributed by atoms with Crippen molar-refractivity contribution in [2.24, 2.45) is 5.73 Å². The minimum atomic E-state index is -0.0476. The number of carbonyl (C=O) groups excluding carboxylic acids is 1. The summed E-state index contributed by atoms with van der Waals surface area (Å²) in [7, 11) is 0. The van der Waals surface area contributed by atoms with Gasteiger partial charge < -0.3 is 11.1 Å². The molecule has 1 aromatic carbocycles. The highest BCUT2D eigenvalue weighted by molar-refractivity contribution is 9.11. The first-order chi connectivity index (χ1) is 9.20. The van der Waals surface area contributed by atoms with Gasteiger partial charge in [-0.15, -0.1) is 11.3 Å². The molecule has 0 spiro atoms. The normalized spacial score (nSPS) is 10.4. The first kappa shape index (κ1) is 14.2. The number of thiophene rings is 1. The fourth-order valence-electron chi connectivity index (χ4n) is 1.82. The number of benzene rings is 1. The highest BCUT2D eigenvalue weighted by Crippen LogP contribution is 2.21. The molecule has 2 rings (SSSR count). The Morgan fingerprint density at radius 3 is 2.74 bits per heavy atom.